The van der Waals surface area contributed by atoms with Crippen molar-refractivity contribution in [2.45, 2.75) is 167 Å². The van der Waals surface area contributed by atoms with Gasteiger partial charge in [0.2, 0.25) is 53.2 Å². The molecule has 0 aromatic carbocycles. The number of thiol groups is 1. The minimum Gasteiger partial charge on any atom is -0.481 e. The van der Waals surface area contributed by atoms with Crippen LogP contribution in [0.15, 0.2) is 0 Å². The van der Waals surface area contributed by atoms with Gasteiger partial charge in [0, 0.05) is 12.2 Å². The van der Waals surface area contributed by atoms with E-state index in [2.05, 4.69) is 55.2 Å². The van der Waals surface area contributed by atoms with Gasteiger partial charge in [-0.2, -0.15) is 12.6 Å². The van der Waals surface area contributed by atoms with Gasteiger partial charge in [0.15, 0.2) is 0 Å². The largest absolute Gasteiger partial charge is 0.481 e. The molecule has 0 aliphatic heterocycles. The highest BCUT2D eigenvalue weighted by molar-refractivity contribution is 7.80. The Morgan fingerprint density at radius 2 is 0.915 bits per heavy atom. The lowest BCUT2D eigenvalue weighted by Gasteiger charge is -2.29. The Balaban J connectivity index is 6.48. The van der Waals surface area contributed by atoms with Crippen LogP contribution in [0.3, 0.4) is 0 Å². The number of aliphatic hydroxyl groups is 1. The van der Waals surface area contributed by atoms with E-state index in [9.17, 15) is 68.1 Å². The van der Waals surface area contributed by atoms with Crippen LogP contribution in [0, 0.1) is 17.8 Å². The molecule has 0 aromatic heterocycles. The number of aliphatic hydroxyl groups excluding tert-OH is 1. The number of hydrogen-bond donors (Lipinski definition) is 16. The lowest BCUT2D eigenvalue weighted by Crippen LogP contribution is -2.62. The second-order valence-electron chi connectivity index (χ2n) is 17.8. The molecule has 0 radical (unpaired) electrons. The zero-order valence-corrected chi connectivity index (χ0v) is 42.5. The van der Waals surface area contributed by atoms with Gasteiger partial charge in [-0.1, -0.05) is 60.8 Å². The van der Waals surface area contributed by atoms with Crippen LogP contribution >= 0.6 is 12.6 Å². The van der Waals surface area contributed by atoms with Crippen molar-refractivity contribution >= 4 is 77.7 Å². The quantitative estimate of drug-likeness (QED) is 0.0208. The standard InChI is InChI=1S/C44H80N12O14S/c1-7-23(5)34(43(68)53-30(21-71)41(66)56-35(44(69)70)24(6)8-2)55-38(63)27(15-16-31(48)58)49-39(64)28(19-32(59)60)51-40(65)29(20-57)52-37(62)26(14-10-12-18-46)50-42(67)33(22(3)4)54-36(61)25(47)13-9-11-17-45/h22-30,33-35,57,71H,7-21,45-47H2,1-6H3,(H2,48,58)(H,49,64)(H,50,67)(H,51,65)(H,52,62)(H,53,68)(H,54,61)(H,55,63)(H,56,66)(H,59,60)(H,69,70)/t23-,24-,25-,26-,27-,28-,29-,30-,33-,34-,35-/m0/s1. The number of rotatable bonds is 37. The van der Waals surface area contributed by atoms with Crippen molar-refractivity contribution in [3.8, 4) is 0 Å². The Bertz CT molecular complexity index is 1800. The minimum atomic E-state index is -1.99. The first-order valence-corrected chi connectivity index (χ1v) is 24.5. The molecule has 0 bridgehead atoms. The van der Waals surface area contributed by atoms with Crippen LogP contribution in [-0.2, 0) is 52.7 Å². The van der Waals surface area contributed by atoms with E-state index < -0.39 is 163 Å². The SMILES string of the molecule is CC[C@H](C)[C@H](NC(=O)[C@H](CS)NC(=O)[C@@H](NC(=O)[C@H](CCC(N)=O)NC(=O)[C@H](CC(=O)O)NC(=O)[C@H](CO)NC(=O)[C@H](CCCCN)NC(=O)[C@@H](NC(=O)[C@@H](N)CCCCN)C(C)C)[C@@H](C)CC)C(=O)O. The predicted molar refractivity (Wildman–Crippen MR) is 262 cm³/mol. The molecule has 0 aliphatic rings. The maximum absolute atomic E-state index is 13.9. The molecular formula is C44H80N12O14S. The minimum absolute atomic E-state index is 0.0129. The Morgan fingerprint density at radius 1 is 0.507 bits per heavy atom. The highest BCUT2D eigenvalue weighted by Gasteiger charge is 2.37. The number of amides is 9. The molecule has 11 atom stereocenters. The number of primary amides is 1. The Labute approximate surface area is 420 Å². The van der Waals surface area contributed by atoms with Crippen LogP contribution in [0.5, 0.6) is 0 Å². The highest BCUT2D eigenvalue weighted by Crippen LogP contribution is 2.13. The van der Waals surface area contributed by atoms with Gasteiger partial charge in [-0.05, 0) is 69.4 Å². The summed E-state index contributed by atoms with van der Waals surface area (Å²) >= 11 is 4.14. The van der Waals surface area contributed by atoms with E-state index in [1.807, 2.05) is 0 Å². The molecule has 0 spiro atoms. The summed E-state index contributed by atoms with van der Waals surface area (Å²) in [5, 5.41) is 48.8. The van der Waals surface area contributed by atoms with Crippen molar-refractivity contribution in [1.29, 1.82) is 0 Å². The number of carboxylic acids is 2. The van der Waals surface area contributed by atoms with Crippen molar-refractivity contribution in [2.75, 3.05) is 25.4 Å². The molecule has 26 nitrogen and oxygen atoms in total. The van der Waals surface area contributed by atoms with Crippen molar-refractivity contribution in [3.63, 3.8) is 0 Å². The molecule has 0 aromatic rings. The van der Waals surface area contributed by atoms with E-state index in [0.717, 1.165) is 0 Å². The molecule has 0 saturated heterocycles. The third-order valence-electron chi connectivity index (χ3n) is 11.7. The number of hydrogen-bond acceptors (Lipinski definition) is 16. The van der Waals surface area contributed by atoms with Crippen molar-refractivity contribution in [2.24, 2.45) is 40.7 Å². The van der Waals surface area contributed by atoms with E-state index in [0.29, 0.717) is 45.1 Å². The summed E-state index contributed by atoms with van der Waals surface area (Å²) in [4.78, 5) is 144. The molecule has 0 fully saturated rings. The smallest absolute Gasteiger partial charge is 0.326 e. The summed E-state index contributed by atoms with van der Waals surface area (Å²) in [7, 11) is 0. The first kappa shape index (κ1) is 65.4. The molecule has 0 unspecified atom stereocenters. The molecule has 71 heavy (non-hydrogen) atoms. The Morgan fingerprint density at radius 3 is 1.41 bits per heavy atom. The molecule has 9 amide bonds. The topological polar surface area (TPSA) is 449 Å². The third kappa shape index (κ3) is 24.4. The second kappa shape index (κ2) is 34.6. The summed E-state index contributed by atoms with van der Waals surface area (Å²) in [5.74, 6) is -13.4. The van der Waals surface area contributed by atoms with Crippen LogP contribution in [0.1, 0.15) is 112 Å². The Hall–Kier alpha value is -5.64. The average Bonchev–Trinajstić information content (AvgIpc) is 3.31. The summed E-state index contributed by atoms with van der Waals surface area (Å²) in [6.07, 6.45) is 0.834. The zero-order valence-electron chi connectivity index (χ0n) is 41.6. The summed E-state index contributed by atoms with van der Waals surface area (Å²) < 4.78 is 0. The van der Waals surface area contributed by atoms with Crippen LogP contribution < -0.4 is 65.5 Å². The van der Waals surface area contributed by atoms with Gasteiger partial charge in [-0.3, -0.25) is 47.9 Å². The summed E-state index contributed by atoms with van der Waals surface area (Å²) in [6, 6.07) is -13.0. The first-order valence-electron chi connectivity index (χ1n) is 23.9. The van der Waals surface area contributed by atoms with Gasteiger partial charge in [0.25, 0.3) is 0 Å². The van der Waals surface area contributed by atoms with Crippen molar-refractivity contribution < 1.29 is 68.1 Å². The van der Waals surface area contributed by atoms with E-state index in [4.69, 9.17) is 22.9 Å². The summed E-state index contributed by atoms with van der Waals surface area (Å²) in [5.41, 5.74) is 22.5. The molecule has 0 saturated carbocycles. The molecule has 0 heterocycles. The fraction of sp³-hybridized carbons (Fsp3) is 0.750. The number of carboxylic acid groups (broad SMARTS) is 2. The van der Waals surface area contributed by atoms with Gasteiger partial charge >= 0.3 is 11.9 Å². The third-order valence-corrected chi connectivity index (χ3v) is 12.0. The second-order valence-corrected chi connectivity index (χ2v) is 18.1. The molecule has 406 valence electrons. The van der Waals surface area contributed by atoms with Gasteiger partial charge in [-0.15, -0.1) is 0 Å². The van der Waals surface area contributed by atoms with Crippen LogP contribution in [0.2, 0.25) is 0 Å². The maximum Gasteiger partial charge on any atom is 0.326 e. The molecule has 19 N–H and O–H groups in total. The van der Waals surface area contributed by atoms with E-state index >= 15 is 0 Å². The number of nitrogens with one attached hydrogen (secondary N) is 8. The van der Waals surface area contributed by atoms with Gasteiger partial charge in [0.05, 0.1) is 19.1 Å². The van der Waals surface area contributed by atoms with Gasteiger partial charge in [0.1, 0.15) is 48.3 Å². The fourth-order valence-electron chi connectivity index (χ4n) is 6.76. The molecule has 27 heteroatoms. The van der Waals surface area contributed by atoms with Crippen molar-refractivity contribution in [1.82, 2.24) is 42.5 Å². The number of carbonyl (C=O) groups is 11. The fourth-order valence-corrected chi connectivity index (χ4v) is 7.01. The van der Waals surface area contributed by atoms with Gasteiger partial charge in [-0.25, -0.2) is 4.79 Å². The number of nitrogens with two attached hydrogens (primary N) is 4. The van der Waals surface area contributed by atoms with Gasteiger partial charge < -0.3 is 80.8 Å². The lowest BCUT2D eigenvalue weighted by molar-refractivity contribution is -0.144. The number of aliphatic carboxylic acids is 2. The lowest BCUT2D eigenvalue weighted by atomic mass is 9.96. The highest BCUT2D eigenvalue weighted by atomic mass is 32.1. The Kier molecular flexibility index (Phi) is 31.9. The maximum atomic E-state index is 13.9. The summed E-state index contributed by atoms with van der Waals surface area (Å²) in [6.45, 7) is 9.46. The molecule has 0 rings (SSSR count). The van der Waals surface area contributed by atoms with Crippen molar-refractivity contribution in [3.05, 3.63) is 0 Å². The van der Waals surface area contributed by atoms with Crippen LogP contribution in [0.4, 0.5) is 0 Å². The number of unbranched alkanes of at least 4 members (excludes halogenated alkanes) is 2. The first-order chi connectivity index (χ1) is 33.3. The number of carbonyl (C=O) groups excluding carboxylic acids is 9. The molecule has 0 aliphatic carbocycles. The van der Waals surface area contributed by atoms with E-state index in [1.54, 1.807) is 41.5 Å². The molecular weight excluding hydrogens is 953 g/mol. The average molecular weight is 1030 g/mol. The predicted octanol–water partition coefficient (Wildman–Crippen LogP) is -4.05. The normalized spacial score (nSPS) is 15.8. The monoisotopic (exact) mass is 1030 g/mol. The van der Waals surface area contributed by atoms with E-state index in [1.165, 1.54) is 0 Å². The van der Waals surface area contributed by atoms with E-state index in [-0.39, 0.29) is 25.1 Å². The van der Waals surface area contributed by atoms with Crippen LogP contribution in [0.25, 0.3) is 0 Å². The van der Waals surface area contributed by atoms with Crippen LogP contribution in [-0.4, -0.2) is 160 Å². The zero-order chi connectivity index (χ0) is 54.5.